The Kier molecular flexibility index (Phi) is 3.82. The molecule has 0 amide bonds. The largest absolute Gasteiger partial charge is 0.399 e. The van der Waals surface area contributed by atoms with E-state index in [4.69, 9.17) is 5.73 Å². The third-order valence-electron chi connectivity index (χ3n) is 2.52. The molecule has 0 unspecified atom stereocenters. The first kappa shape index (κ1) is 13.9. The molecule has 0 heterocycles. The molecule has 0 radical (unpaired) electrons. The highest BCUT2D eigenvalue weighted by Crippen LogP contribution is 2.25. The maximum atomic E-state index is 12.3. The smallest absolute Gasteiger partial charge is 0.263 e. The van der Waals surface area contributed by atoms with Crippen LogP contribution in [0, 0.1) is 6.92 Å². The van der Waals surface area contributed by atoms with Crippen molar-refractivity contribution in [3.8, 4) is 0 Å². The second-order valence-corrected chi connectivity index (χ2v) is 6.67. The van der Waals surface area contributed by atoms with E-state index >= 15 is 0 Å². The van der Waals surface area contributed by atoms with E-state index in [1.54, 1.807) is 42.5 Å². The third-order valence-corrected chi connectivity index (χ3v) is 4.87. The van der Waals surface area contributed by atoms with E-state index < -0.39 is 10.0 Å². The Morgan fingerprint density at radius 3 is 2.53 bits per heavy atom. The molecular formula is C13H13BrN2O2S. The standard InChI is InChI=1S/C13H13BrN2O2S/c1-9-5-6-13(12(14)7-9)19(17,18)16-11-4-2-3-10(15)8-11/h2-8,16H,15H2,1H3. The van der Waals surface area contributed by atoms with E-state index in [0.717, 1.165) is 5.56 Å². The number of rotatable bonds is 3. The Hall–Kier alpha value is -1.53. The third kappa shape index (κ3) is 3.27. The lowest BCUT2D eigenvalue weighted by Gasteiger charge is -2.10. The average molecular weight is 341 g/mol. The van der Waals surface area contributed by atoms with Gasteiger partial charge in [0.25, 0.3) is 10.0 Å². The summed E-state index contributed by atoms with van der Waals surface area (Å²) in [6.07, 6.45) is 0. The quantitative estimate of drug-likeness (QED) is 0.843. The second-order valence-electron chi connectivity index (χ2n) is 4.16. The molecule has 0 spiro atoms. The lowest BCUT2D eigenvalue weighted by Crippen LogP contribution is -2.13. The van der Waals surface area contributed by atoms with Crippen LogP contribution < -0.4 is 10.5 Å². The van der Waals surface area contributed by atoms with Crippen LogP contribution in [0.25, 0.3) is 0 Å². The Morgan fingerprint density at radius 2 is 1.89 bits per heavy atom. The number of halogens is 1. The van der Waals surface area contributed by atoms with Gasteiger partial charge in [0.05, 0.1) is 5.69 Å². The topological polar surface area (TPSA) is 72.2 Å². The van der Waals surface area contributed by atoms with Gasteiger partial charge in [-0.15, -0.1) is 0 Å². The fourth-order valence-corrected chi connectivity index (χ4v) is 3.88. The van der Waals surface area contributed by atoms with Gasteiger partial charge in [-0.2, -0.15) is 0 Å². The van der Waals surface area contributed by atoms with Crippen molar-refractivity contribution in [3.05, 3.63) is 52.5 Å². The average Bonchev–Trinajstić information content (AvgIpc) is 2.27. The first-order valence-corrected chi connectivity index (χ1v) is 7.80. The number of hydrogen-bond donors (Lipinski definition) is 2. The van der Waals surface area contributed by atoms with Crippen LogP contribution in [0.2, 0.25) is 0 Å². The summed E-state index contributed by atoms with van der Waals surface area (Å²) in [5, 5.41) is 0. The van der Waals surface area contributed by atoms with Gasteiger partial charge in [0, 0.05) is 10.2 Å². The number of nitrogen functional groups attached to an aromatic ring is 1. The summed E-state index contributed by atoms with van der Waals surface area (Å²) in [6, 6.07) is 11.7. The predicted molar refractivity (Wildman–Crippen MR) is 80.5 cm³/mol. The summed E-state index contributed by atoms with van der Waals surface area (Å²) in [5.74, 6) is 0. The second kappa shape index (κ2) is 5.22. The van der Waals surface area contributed by atoms with Crippen molar-refractivity contribution >= 4 is 37.3 Å². The Morgan fingerprint density at radius 1 is 1.16 bits per heavy atom. The van der Waals surface area contributed by atoms with E-state index in [1.165, 1.54) is 0 Å². The summed E-state index contributed by atoms with van der Waals surface area (Å²) in [7, 11) is -3.63. The zero-order valence-corrected chi connectivity index (χ0v) is 12.6. The van der Waals surface area contributed by atoms with E-state index in [9.17, 15) is 8.42 Å². The first-order chi connectivity index (χ1) is 8.88. The Bertz CT molecular complexity index is 714. The summed E-state index contributed by atoms with van der Waals surface area (Å²) in [5.41, 5.74) is 7.54. The van der Waals surface area contributed by atoms with Gasteiger partial charge in [0.1, 0.15) is 4.90 Å². The molecule has 0 aliphatic carbocycles. The number of nitrogens with one attached hydrogen (secondary N) is 1. The van der Waals surface area contributed by atoms with Crippen molar-refractivity contribution in [1.82, 2.24) is 0 Å². The molecule has 0 atom stereocenters. The number of anilines is 2. The SMILES string of the molecule is Cc1ccc(S(=O)(=O)Nc2cccc(N)c2)c(Br)c1. The van der Waals surface area contributed by atoms with E-state index in [0.29, 0.717) is 15.8 Å². The number of hydrogen-bond acceptors (Lipinski definition) is 3. The van der Waals surface area contributed by atoms with Crippen LogP contribution in [0.15, 0.2) is 51.8 Å². The fraction of sp³-hybridized carbons (Fsp3) is 0.0769. The van der Waals surface area contributed by atoms with Crippen LogP contribution in [0.1, 0.15) is 5.56 Å². The minimum absolute atomic E-state index is 0.195. The molecule has 19 heavy (non-hydrogen) atoms. The summed E-state index contributed by atoms with van der Waals surface area (Å²) < 4.78 is 27.6. The minimum Gasteiger partial charge on any atom is -0.399 e. The summed E-state index contributed by atoms with van der Waals surface area (Å²) in [6.45, 7) is 1.90. The Labute approximate surface area is 120 Å². The van der Waals surface area contributed by atoms with E-state index in [2.05, 4.69) is 20.7 Å². The van der Waals surface area contributed by atoms with Gasteiger partial charge in [-0.3, -0.25) is 4.72 Å². The van der Waals surface area contributed by atoms with Crippen molar-refractivity contribution < 1.29 is 8.42 Å². The highest BCUT2D eigenvalue weighted by Gasteiger charge is 2.17. The molecule has 2 aromatic carbocycles. The maximum Gasteiger partial charge on any atom is 0.263 e. The van der Waals surface area contributed by atoms with Gasteiger partial charge in [-0.25, -0.2) is 8.42 Å². The summed E-state index contributed by atoms with van der Waals surface area (Å²) in [4.78, 5) is 0.195. The number of nitrogens with two attached hydrogens (primary N) is 1. The monoisotopic (exact) mass is 340 g/mol. The minimum atomic E-state index is -3.63. The van der Waals surface area contributed by atoms with Gasteiger partial charge in [-0.1, -0.05) is 12.1 Å². The first-order valence-electron chi connectivity index (χ1n) is 5.53. The predicted octanol–water partition coefficient (Wildman–Crippen LogP) is 3.14. The number of benzene rings is 2. The zero-order chi connectivity index (χ0) is 14.0. The molecule has 3 N–H and O–H groups in total. The normalized spacial score (nSPS) is 11.3. The fourth-order valence-electron chi connectivity index (χ4n) is 1.64. The molecule has 0 fully saturated rings. The van der Waals surface area contributed by atoms with Gasteiger partial charge < -0.3 is 5.73 Å². The van der Waals surface area contributed by atoms with Crippen LogP contribution in [0.4, 0.5) is 11.4 Å². The van der Waals surface area contributed by atoms with Gasteiger partial charge >= 0.3 is 0 Å². The molecule has 4 nitrogen and oxygen atoms in total. The highest BCUT2D eigenvalue weighted by atomic mass is 79.9. The van der Waals surface area contributed by atoms with Gasteiger partial charge in [-0.05, 0) is 58.7 Å². The maximum absolute atomic E-state index is 12.3. The Balaban J connectivity index is 2.38. The zero-order valence-electron chi connectivity index (χ0n) is 10.2. The van der Waals surface area contributed by atoms with Gasteiger partial charge in [0.15, 0.2) is 0 Å². The lowest BCUT2D eigenvalue weighted by molar-refractivity contribution is 0.601. The van der Waals surface area contributed by atoms with Crippen LogP contribution in [0.3, 0.4) is 0 Å². The van der Waals surface area contributed by atoms with Crippen molar-refractivity contribution in [2.24, 2.45) is 0 Å². The lowest BCUT2D eigenvalue weighted by atomic mass is 10.2. The summed E-state index contributed by atoms with van der Waals surface area (Å²) >= 11 is 3.27. The molecule has 6 heteroatoms. The van der Waals surface area contributed by atoms with Crippen LogP contribution in [-0.4, -0.2) is 8.42 Å². The number of sulfonamides is 1. The molecule has 0 aromatic heterocycles. The van der Waals surface area contributed by atoms with Crippen molar-refractivity contribution in [3.63, 3.8) is 0 Å². The van der Waals surface area contributed by atoms with Gasteiger partial charge in [0.2, 0.25) is 0 Å². The highest BCUT2D eigenvalue weighted by molar-refractivity contribution is 9.10. The van der Waals surface area contributed by atoms with E-state index in [1.807, 2.05) is 6.92 Å². The molecule has 2 aromatic rings. The van der Waals surface area contributed by atoms with Crippen molar-refractivity contribution in [2.75, 3.05) is 10.5 Å². The molecular weight excluding hydrogens is 328 g/mol. The molecule has 0 aliphatic heterocycles. The molecule has 100 valence electrons. The van der Waals surface area contributed by atoms with Crippen LogP contribution in [-0.2, 0) is 10.0 Å². The number of aryl methyl sites for hydroxylation is 1. The van der Waals surface area contributed by atoms with Crippen LogP contribution in [0.5, 0.6) is 0 Å². The molecule has 0 bridgehead atoms. The van der Waals surface area contributed by atoms with Crippen molar-refractivity contribution in [1.29, 1.82) is 0 Å². The molecule has 0 saturated heterocycles. The molecule has 2 rings (SSSR count). The van der Waals surface area contributed by atoms with Crippen molar-refractivity contribution in [2.45, 2.75) is 11.8 Å². The van der Waals surface area contributed by atoms with E-state index in [-0.39, 0.29) is 4.90 Å². The van der Waals surface area contributed by atoms with Crippen LogP contribution >= 0.6 is 15.9 Å². The molecule has 0 aliphatic rings. The molecule has 0 saturated carbocycles.